The summed E-state index contributed by atoms with van der Waals surface area (Å²) in [5.74, 6) is 0.132. The molecule has 2 N–H and O–H groups in total. The zero-order valence-electron chi connectivity index (χ0n) is 13.1. The first-order valence-corrected chi connectivity index (χ1v) is 7.80. The highest BCUT2D eigenvalue weighted by Crippen LogP contribution is 2.27. The first kappa shape index (κ1) is 15.7. The topological polar surface area (TPSA) is 55.8 Å². The predicted octanol–water partition coefficient (Wildman–Crippen LogP) is 0.432. The summed E-state index contributed by atoms with van der Waals surface area (Å²) in [7, 11) is 2.13. The highest BCUT2D eigenvalue weighted by atomic mass is 16.3. The number of amides is 1. The van der Waals surface area contributed by atoms with Crippen LogP contribution in [0.2, 0.25) is 0 Å². The van der Waals surface area contributed by atoms with Crippen LogP contribution in [0.25, 0.3) is 0 Å². The standard InChI is InChI=1S/C15H29N3O2/c1-12-10-17(3)8-9-18(12)11-14(19)16-13-4-6-15(2,20)7-5-13/h12-13,20H,4-11H2,1-3H3,(H,16,19)/t12-,13-,15-/m1/s1. The van der Waals surface area contributed by atoms with Crippen LogP contribution in [0, 0.1) is 0 Å². The minimum Gasteiger partial charge on any atom is -0.390 e. The molecule has 5 heteroatoms. The summed E-state index contributed by atoms with van der Waals surface area (Å²) in [6.45, 7) is 7.59. The number of carbonyl (C=O) groups is 1. The third-order valence-electron chi connectivity index (χ3n) is 4.74. The van der Waals surface area contributed by atoms with Crippen molar-refractivity contribution in [1.29, 1.82) is 0 Å². The third-order valence-corrected chi connectivity index (χ3v) is 4.74. The molecule has 0 aromatic rings. The summed E-state index contributed by atoms with van der Waals surface area (Å²) in [5.41, 5.74) is -0.535. The molecular weight excluding hydrogens is 254 g/mol. The van der Waals surface area contributed by atoms with Gasteiger partial charge in [0.2, 0.25) is 5.91 Å². The van der Waals surface area contributed by atoms with Crippen LogP contribution in [-0.4, -0.2) is 71.7 Å². The van der Waals surface area contributed by atoms with E-state index in [9.17, 15) is 9.90 Å². The van der Waals surface area contributed by atoms with Gasteiger partial charge in [-0.2, -0.15) is 0 Å². The van der Waals surface area contributed by atoms with Gasteiger partial charge in [-0.1, -0.05) is 0 Å². The van der Waals surface area contributed by atoms with Crippen molar-refractivity contribution >= 4 is 5.91 Å². The predicted molar refractivity (Wildman–Crippen MR) is 79.6 cm³/mol. The molecule has 0 unspecified atom stereocenters. The Labute approximate surface area is 122 Å². The van der Waals surface area contributed by atoms with Crippen LogP contribution >= 0.6 is 0 Å². The summed E-state index contributed by atoms with van der Waals surface area (Å²) < 4.78 is 0. The smallest absolute Gasteiger partial charge is 0.234 e. The van der Waals surface area contributed by atoms with E-state index in [1.807, 2.05) is 6.92 Å². The van der Waals surface area contributed by atoms with Gasteiger partial charge in [-0.3, -0.25) is 9.69 Å². The second kappa shape index (κ2) is 6.41. The van der Waals surface area contributed by atoms with E-state index >= 15 is 0 Å². The highest BCUT2D eigenvalue weighted by Gasteiger charge is 2.30. The molecule has 0 bridgehead atoms. The van der Waals surface area contributed by atoms with Gasteiger partial charge >= 0.3 is 0 Å². The monoisotopic (exact) mass is 283 g/mol. The summed E-state index contributed by atoms with van der Waals surface area (Å²) >= 11 is 0. The third kappa shape index (κ3) is 4.43. The van der Waals surface area contributed by atoms with E-state index in [-0.39, 0.29) is 11.9 Å². The van der Waals surface area contributed by atoms with Gasteiger partial charge < -0.3 is 15.3 Å². The maximum absolute atomic E-state index is 12.1. The molecule has 0 spiro atoms. The molecular formula is C15H29N3O2. The molecule has 5 nitrogen and oxygen atoms in total. The lowest BCUT2D eigenvalue weighted by molar-refractivity contribution is -0.124. The molecule has 2 aliphatic rings. The van der Waals surface area contributed by atoms with Gasteiger partial charge in [0.15, 0.2) is 0 Å². The Bertz CT molecular complexity index is 336. The molecule has 1 aliphatic carbocycles. The van der Waals surface area contributed by atoms with Crippen molar-refractivity contribution in [3.05, 3.63) is 0 Å². The van der Waals surface area contributed by atoms with Gasteiger partial charge in [0, 0.05) is 31.7 Å². The van der Waals surface area contributed by atoms with Gasteiger partial charge in [-0.05, 0) is 46.6 Å². The first-order chi connectivity index (χ1) is 9.35. The number of piperazine rings is 1. The number of hydrogen-bond donors (Lipinski definition) is 2. The summed E-state index contributed by atoms with van der Waals surface area (Å²) in [5, 5.41) is 13.1. The zero-order chi connectivity index (χ0) is 14.8. The van der Waals surface area contributed by atoms with E-state index in [1.165, 1.54) is 0 Å². The summed E-state index contributed by atoms with van der Waals surface area (Å²) in [4.78, 5) is 16.7. The van der Waals surface area contributed by atoms with Gasteiger partial charge in [0.25, 0.3) is 0 Å². The molecule has 116 valence electrons. The van der Waals surface area contributed by atoms with E-state index in [4.69, 9.17) is 0 Å². The Morgan fingerprint density at radius 3 is 2.60 bits per heavy atom. The van der Waals surface area contributed by atoms with Crippen LogP contribution in [0.5, 0.6) is 0 Å². The van der Waals surface area contributed by atoms with Gasteiger partial charge in [-0.25, -0.2) is 0 Å². The lowest BCUT2D eigenvalue weighted by Gasteiger charge is -2.38. The van der Waals surface area contributed by atoms with E-state index < -0.39 is 5.60 Å². The van der Waals surface area contributed by atoms with Crippen LogP contribution in [0.1, 0.15) is 39.5 Å². The normalized spacial score (nSPS) is 36.8. The van der Waals surface area contributed by atoms with Crippen LogP contribution in [0.3, 0.4) is 0 Å². The maximum atomic E-state index is 12.1. The van der Waals surface area contributed by atoms with Crippen LogP contribution in [0.15, 0.2) is 0 Å². The van der Waals surface area contributed by atoms with Gasteiger partial charge in [0.1, 0.15) is 0 Å². The van der Waals surface area contributed by atoms with Crippen molar-refractivity contribution in [2.75, 3.05) is 33.2 Å². The first-order valence-electron chi connectivity index (χ1n) is 7.80. The van der Waals surface area contributed by atoms with Crippen LogP contribution in [0.4, 0.5) is 0 Å². The van der Waals surface area contributed by atoms with Crippen molar-refractivity contribution in [3.63, 3.8) is 0 Å². The minimum absolute atomic E-state index is 0.132. The molecule has 1 amide bonds. The minimum atomic E-state index is -0.535. The summed E-state index contributed by atoms with van der Waals surface area (Å²) in [6, 6.07) is 0.678. The van der Waals surface area contributed by atoms with E-state index in [0.717, 1.165) is 45.3 Å². The fraction of sp³-hybridized carbons (Fsp3) is 0.933. The second-order valence-electron chi connectivity index (χ2n) is 6.92. The van der Waals surface area contributed by atoms with Gasteiger partial charge in [0.05, 0.1) is 12.1 Å². The molecule has 1 atom stereocenters. The van der Waals surface area contributed by atoms with E-state index in [1.54, 1.807) is 0 Å². The van der Waals surface area contributed by atoms with E-state index in [2.05, 4.69) is 29.1 Å². The molecule has 0 aromatic heterocycles. The molecule has 20 heavy (non-hydrogen) atoms. The Morgan fingerprint density at radius 1 is 1.35 bits per heavy atom. The molecule has 0 radical (unpaired) electrons. The molecule has 2 rings (SSSR count). The largest absolute Gasteiger partial charge is 0.390 e. The van der Waals surface area contributed by atoms with Crippen molar-refractivity contribution in [1.82, 2.24) is 15.1 Å². The number of hydrogen-bond acceptors (Lipinski definition) is 4. The van der Waals surface area contributed by atoms with Gasteiger partial charge in [-0.15, -0.1) is 0 Å². The second-order valence-corrected chi connectivity index (χ2v) is 6.92. The number of carbonyl (C=O) groups excluding carboxylic acids is 1. The van der Waals surface area contributed by atoms with Crippen LogP contribution in [-0.2, 0) is 4.79 Å². The number of aliphatic hydroxyl groups is 1. The highest BCUT2D eigenvalue weighted by molar-refractivity contribution is 5.78. The number of likely N-dealkylation sites (N-methyl/N-ethyl adjacent to an activating group) is 1. The zero-order valence-corrected chi connectivity index (χ0v) is 13.1. The lowest BCUT2D eigenvalue weighted by Crippen LogP contribution is -2.54. The Kier molecular flexibility index (Phi) is 5.04. The van der Waals surface area contributed by atoms with Crippen LogP contribution < -0.4 is 5.32 Å². The average molecular weight is 283 g/mol. The molecule has 1 saturated carbocycles. The Morgan fingerprint density at radius 2 is 2.00 bits per heavy atom. The number of nitrogens with zero attached hydrogens (tertiary/aromatic N) is 2. The summed E-state index contributed by atoms with van der Waals surface area (Å²) in [6.07, 6.45) is 3.33. The quantitative estimate of drug-likeness (QED) is 0.789. The number of nitrogens with one attached hydrogen (secondary N) is 1. The average Bonchev–Trinajstić information content (AvgIpc) is 2.35. The number of rotatable bonds is 3. The Hall–Kier alpha value is -0.650. The van der Waals surface area contributed by atoms with E-state index in [0.29, 0.717) is 12.6 Å². The fourth-order valence-electron chi connectivity index (χ4n) is 3.25. The molecule has 1 aliphatic heterocycles. The van der Waals surface area contributed by atoms with Crippen molar-refractivity contribution in [2.24, 2.45) is 0 Å². The SMILES string of the molecule is C[C@@H]1CN(C)CCN1CC(=O)N[C@H]1CC[C@](C)(O)CC1. The van der Waals surface area contributed by atoms with Crippen molar-refractivity contribution < 1.29 is 9.90 Å². The fourth-order valence-corrected chi connectivity index (χ4v) is 3.25. The molecule has 2 fully saturated rings. The molecule has 1 heterocycles. The van der Waals surface area contributed by atoms with Crippen molar-refractivity contribution in [3.8, 4) is 0 Å². The van der Waals surface area contributed by atoms with Crippen molar-refractivity contribution in [2.45, 2.75) is 57.2 Å². The molecule has 1 saturated heterocycles. The maximum Gasteiger partial charge on any atom is 0.234 e. The lowest BCUT2D eigenvalue weighted by atomic mass is 9.83. The Balaban J connectivity index is 1.73. The molecule has 0 aromatic carbocycles.